The molecule has 0 saturated heterocycles. The van der Waals surface area contributed by atoms with Crippen LogP contribution in [0.3, 0.4) is 0 Å². The molecule has 0 saturated carbocycles. The summed E-state index contributed by atoms with van der Waals surface area (Å²) in [5.41, 5.74) is 8.66. The molecule has 6 aromatic rings. The maximum Gasteiger partial charge on any atom is 0.253 e. The number of hydrogen-bond acceptors (Lipinski definition) is 3. The Hall–Kier alpha value is -4.69. The fourth-order valence-corrected chi connectivity index (χ4v) is 5.18. The van der Waals surface area contributed by atoms with Crippen LogP contribution in [0, 0.1) is 32.1 Å². The van der Waals surface area contributed by atoms with Crippen LogP contribution in [0.15, 0.2) is 84.9 Å². The second-order valence-electron chi connectivity index (χ2n) is 8.95. The van der Waals surface area contributed by atoms with Gasteiger partial charge in [0.15, 0.2) is 5.82 Å². The van der Waals surface area contributed by atoms with Gasteiger partial charge in [0.05, 0.1) is 16.7 Å². The van der Waals surface area contributed by atoms with Crippen LogP contribution in [-0.4, -0.2) is 19.3 Å². The summed E-state index contributed by atoms with van der Waals surface area (Å²) in [5.74, 6) is 0.821. The van der Waals surface area contributed by atoms with Gasteiger partial charge in [-0.1, -0.05) is 54.1 Å². The van der Waals surface area contributed by atoms with E-state index in [2.05, 4.69) is 120 Å². The Balaban J connectivity index is 1.63. The summed E-state index contributed by atoms with van der Waals surface area (Å²) >= 11 is 0. The Bertz CT molecular complexity index is 1760. The molecule has 0 aliphatic carbocycles. The Morgan fingerprint density at radius 1 is 0.743 bits per heavy atom. The zero-order valence-electron chi connectivity index (χ0n) is 19.8. The van der Waals surface area contributed by atoms with Gasteiger partial charge in [0.1, 0.15) is 6.07 Å². The second-order valence-corrected chi connectivity index (χ2v) is 8.95. The fraction of sp³-hybridized carbons (Fsp3) is 0.100. The van der Waals surface area contributed by atoms with Crippen molar-refractivity contribution < 1.29 is 0 Å². The first-order valence-corrected chi connectivity index (χ1v) is 11.6. The third-order valence-electron chi connectivity index (χ3n) is 6.50. The van der Waals surface area contributed by atoms with Crippen molar-refractivity contribution in [2.75, 3.05) is 0 Å². The van der Waals surface area contributed by atoms with Crippen molar-refractivity contribution in [2.24, 2.45) is 0 Å². The molecule has 0 amide bonds. The maximum absolute atomic E-state index is 9.60. The first-order chi connectivity index (χ1) is 17.0. The van der Waals surface area contributed by atoms with Crippen molar-refractivity contribution in [3.63, 3.8) is 0 Å². The van der Waals surface area contributed by atoms with Crippen LogP contribution in [0.4, 0.5) is 0 Å². The van der Waals surface area contributed by atoms with Gasteiger partial charge < -0.3 is 4.57 Å². The van der Waals surface area contributed by atoms with Crippen LogP contribution >= 0.6 is 0 Å². The van der Waals surface area contributed by atoms with E-state index in [1.54, 1.807) is 0 Å². The third kappa shape index (κ3) is 3.31. The van der Waals surface area contributed by atoms with Crippen LogP contribution in [0.25, 0.3) is 44.6 Å². The lowest BCUT2D eigenvalue weighted by atomic mass is 10.0. The third-order valence-corrected chi connectivity index (χ3v) is 6.50. The highest BCUT2D eigenvalue weighted by atomic mass is 15.4. The van der Waals surface area contributed by atoms with Gasteiger partial charge >= 0.3 is 0 Å². The number of aryl methyl sites for hydroxylation is 3. The Labute approximate surface area is 203 Å². The van der Waals surface area contributed by atoms with Gasteiger partial charge in [-0.25, -0.2) is 4.68 Å². The predicted octanol–water partition coefficient (Wildman–Crippen LogP) is 6.83. The van der Waals surface area contributed by atoms with Crippen LogP contribution < -0.4 is 0 Å². The lowest BCUT2D eigenvalue weighted by molar-refractivity contribution is 0.864. The summed E-state index contributed by atoms with van der Waals surface area (Å²) in [6, 6.07) is 31.6. The van der Waals surface area contributed by atoms with E-state index in [-0.39, 0.29) is 5.82 Å². The molecular formula is C30H23N5. The van der Waals surface area contributed by atoms with E-state index in [0.717, 1.165) is 44.5 Å². The number of benzene rings is 4. The van der Waals surface area contributed by atoms with E-state index in [0.29, 0.717) is 5.82 Å². The van der Waals surface area contributed by atoms with Crippen molar-refractivity contribution in [1.29, 1.82) is 5.26 Å². The maximum atomic E-state index is 9.60. The van der Waals surface area contributed by atoms with E-state index in [1.807, 2.05) is 10.7 Å². The summed E-state index contributed by atoms with van der Waals surface area (Å²) in [7, 11) is 0. The monoisotopic (exact) mass is 453 g/mol. The lowest BCUT2D eigenvalue weighted by Gasteiger charge is -2.13. The molecule has 168 valence electrons. The molecule has 0 bridgehead atoms. The zero-order chi connectivity index (χ0) is 24.1. The number of rotatable bonds is 3. The predicted molar refractivity (Wildman–Crippen MR) is 140 cm³/mol. The van der Waals surface area contributed by atoms with Gasteiger partial charge in [-0.05, 0) is 68.3 Å². The Morgan fingerprint density at radius 2 is 1.43 bits per heavy atom. The number of fused-ring (bicyclic) bond motifs is 3. The van der Waals surface area contributed by atoms with E-state index < -0.39 is 0 Å². The van der Waals surface area contributed by atoms with E-state index >= 15 is 0 Å². The highest BCUT2D eigenvalue weighted by molar-refractivity contribution is 6.10. The van der Waals surface area contributed by atoms with Crippen LogP contribution in [0.2, 0.25) is 0 Å². The van der Waals surface area contributed by atoms with Crippen LogP contribution in [-0.2, 0) is 0 Å². The van der Waals surface area contributed by atoms with Crippen molar-refractivity contribution in [3.8, 4) is 28.8 Å². The van der Waals surface area contributed by atoms with Gasteiger partial charge in [0.25, 0.3) is 5.82 Å². The molecule has 35 heavy (non-hydrogen) atoms. The molecule has 2 heterocycles. The number of aromatic nitrogens is 4. The number of nitrogens with zero attached hydrogens (tertiary/aromatic N) is 5. The van der Waals surface area contributed by atoms with Gasteiger partial charge in [-0.3, -0.25) is 0 Å². The average Bonchev–Trinajstić information content (AvgIpc) is 3.43. The Kier molecular flexibility index (Phi) is 4.75. The molecule has 5 nitrogen and oxygen atoms in total. The van der Waals surface area contributed by atoms with E-state index in [9.17, 15) is 5.26 Å². The summed E-state index contributed by atoms with van der Waals surface area (Å²) in [6.45, 7) is 6.23. The van der Waals surface area contributed by atoms with Gasteiger partial charge in [0.2, 0.25) is 0 Å². The molecule has 0 radical (unpaired) electrons. The molecule has 6 rings (SSSR count). The molecule has 0 aliphatic heterocycles. The smallest absolute Gasteiger partial charge is 0.253 e. The molecule has 0 spiro atoms. The second kappa shape index (κ2) is 7.96. The Morgan fingerprint density at radius 3 is 2.17 bits per heavy atom. The van der Waals surface area contributed by atoms with Crippen LogP contribution in [0.5, 0.6) is 0 Å². The molecular weight excluding hydrogens is 430 g/mol. The number of hydrogen-bond donors (Lipinski definition) is 0. The molecule has 0 unspecified atom stereocenters. The highest BCUT2D eigenvalue weighted by Gasteiger charge is 2.19. The van der Waals surface area contributed by atoms with Gasteiger partial charge in [-0.15, -0.1) is 5.10 Å². The molecule has 4 aromatic carbocycles. The SMILES string of the molecule is Cc1cc(C)c(-n2nc(C#N)nc2-c2ccc3c(c2)c2ccccc2n3-c2ccccc2)c(C)c1. The quantitative estimate of drug-likeness (QED) is 0.295. The van der Waals surface area contributed by atoms with Crippen LogP contribution in [0.1, 0.15) is 22.5 Å². The number of para-hydroxylation sites is 2. The minimum Gasteiger partial charge on any atom is -0.309 e. The van der Waals surface area contributed by atoms with Crippen molar-refractivity contribution in [1.82, 2.24) is 19.3 Å². The fourth-order valence-electron chi connectivity index (χ4n) is 5.18. The minimum absolute atomic E-state index is 0.159. The summed E-state index contributed by atoms with van der Waals surface area (Å²) in [4.78, 5) is 4.62. The summed E-state index contributed by atoms with van der Waals surface area (Å²) in [6.07, 6.45) is 0. The zero-order valence-corrected chi connectivity index (χ0v) is 19.8. The van der Waals surface area contributed by atoms with Crippen molar-refractivity contribution in [2.45, 2.75) is 20.8 Å². The standard InChI is InChI=1S/C30H23N5/c1-19-15-20(2)29(21(3)16-19)35-30(32-28(18-31)33-35)22-13-14-27-25(17-22)24-11-7-8-12-26(24)34(27)23-9-5-4-6-10-23/h4-17H,1-3H3. The molecule has 0 atom stereocenters. The summed E-state index contributed by atoms with van der Waals surface area (Å²) < 4.78 is 4.11. The highest BCUT2D eigenvalue weighted by Crippen LogP contribution is 2.35. The average molecular weight is 454 g/mol. The largest absolute Gasteiger partial charge is 0.309 e. The van der Waals surface area contributed by atoms with Gasteiger partial charge in [-0.2, -0.15) is 10.2 Å². The topological polar surface area (TPSA) is 59.4 Å². The molecule has 0 aliphatic rings. The molecule has 0 fully saturated rings. The lowest BCUT2D eigenvalue weighted by Crippen LogP contribution is -2.05. The van der Waals surface area contributed by atoms with Gasteiger partial charge in [0, 0.05) is 22.0 Å². The molecule has 5 heteroatoms. The first-order valence-electron chi connectivity index (χ1n) is 11.6. The number of nitriles is 1. The molecule has 0 N–H and O–H groups in total. The first kappa shape index (κ1) is 20.9. The van der Waals surface area contributed by atoms with Crippen molar-refractivity contribution >= 4 is 21.8 Å². The minimum atomic E-state index is 0.159. The van der Waals surface area contributed by atoms with E-state index in [1.165, 1.54) is 10.9 Å². The normalized spacial score (nSPS) is 11.3. The molecule has 2 aromatic heterocycles. The summed E-state index contributed by atoms with van der Waals surface area (Å²) in [5, 5.41) is 16.5. The van der Waals surface area contributed by atoms with E-state index in [4.69, 9.17) is 0 Å². The van der Waals surface area contributed by atoms with Crippen molar-refractivity contribution in [3.05, 3.63) is 107 Å².